The molecule has 0 aliphatic carbocycles. The lowest BCUT2D eigenvalue weighted by molar-refractivity contribution is 0.0984. The van der Waals surface area contributed by atoms with Gasteiger partial charge in [0.05, 0.1) is 22.5 Å². The maximum Gasteiger partial charge on any atom is 0.260 e. The van der Waals surface area contributed by atoms with Crippen LogP contribution in [0.15, 0.2) is 71.3 Å². The second-order valence-electron chi connectivity index (χ2n) is 5.83. The first-order valence-corrected chi connectivity index (χ1v) is 9.74. The fourth-order valence-electron chi connectivity index (χ4n) is 2.66. The number of carbonyl (C=O) groups is 1. The molecule has 4 aromatic rings. The van der Waals surface area contributed by atoms with E-state index in [1.165, 1.54) is 34.4 Å². The number of benzene rings is 2. The number of fused-ring (bicyclic) bond motifs is 1. The summed E-state index contributed by atoms with van der Waals surface area (Å²) in [5, 5.41) is 0.544. The molecular weight excluding hydrogens is 429 g/mol. The third-order valence-electron chi connectivity index (χ3n) is 3.93. The van der Waals surface area contributed by atoms with E-state index in [1.807, 2.05) is 36.4 Å². The van der Waals surface area contributed by atoms with E-state index in [9.17, 15) is 9.18 Å². The van der Waals surface area contributed by atoms with Gasteiger partial charge in [0, 0.05) is 16.2 Å². The van der Waals surface area contributed by atoms with Gasteiger partial charge in [0.15, 0.2) is 5.13 Å². The van der Waals surface area contributed by atoms with Crippen molar-refractivity contribution in [3.8, 4) is 0 Å². The minimum atomic E-state index is -0.452. The van der Waals surface area contributed by atoms with Crippen LogP contribution in [0.4, 0.5) is 9.52 Å². The lowest BCUT2D eigenvalue weighted by Gasteiger charge is -2.19. The smallest absolute Gasteiger partial charge is 0.260 e. The number of rotatable bonds is 4. The van der Waals surface area contributed by atoms with Gasteiger partial charge in [-0.3, -0.25) is 14.7 Å². The molecule has 4 rings (SSSR count). The highest BCUT2D eigenvalue weighted by Gasteiger charge is 2.22. The molecule has 0 bridgehead atoms. The van der Waals surface area contributed by atoms with Gasteiger partial charge in [-0.25, -0.2) is 9.37 Å². The van der Waals surface area contributed by atoms with E-state index in [1.54, 1.807) is 12.3 Å². The number of hydrogen-bond acceptors (Lipinski definition) is 4. The minimum absolute atomic E-state index is 0.247. The van der Waals surface area contributed by atoms with Gasteiger partial charge in [0.25, 0.3) is 5.91 Å². The molecule has 0 unspecified atom stereocenters. The molecule has 2 aromatic carbocycles. The summed E-state index contributed by atoms with van der Waals surface area (Å²) in [6.07, 6.45) is 1.68. The van der Waals surface area contributed by atoms with Crippen molar-refractivity contribution in [1.29, 1.82) is 0 Å². The van der Waals surface area contributed by atoms with Gasteiger partial charge in [-0.05, 0) is 48.5 Å². The normalized spacial score (nSPS) is 10.9. The predicted octanol–water partition coefficient (Wildman–Crippen LogP) is 5.44. The number of anilines is 1. The zero-order valence-electron chi connectivity index (χ0n) is 14.0. The second-order valence-corrected chi connectivity index (χ2v) is 7.76. The van der Waals surface area contributed by atoms with Gasteiger partial charge in [-0.15, -0.1) is 0 Å². The molecule has 0 fully saturated rings. The van der Waals surface area contributed by atoms with Crippen molar-refractivity contribution in [2.24, 2.45) is 0 Å². The van der Waals surface area contributed by atoms with Crippen LogP contribution in [0, 0.1) is 5.82 Å². The molecule has 27 heavy (non-hydrogen) atoms. The van der Waals surface area contributed by atoms with Gasteiger partial charge in [-0.2, -0.15) is 0 Å². The Morgan fingerprint density at radius 1 is 1.11 bits per heavy atom. The monoisotopic (exact) mass is 441 g/mol. The Bertz CT molecular complexity index is 1120. The number of amides is 1. The predicted molar refractivity (Wildman–Crippen MR) is 108 cm³/mol. The third kappa shape index (κ3) is 3.89. The Morgan fingerprint density at radius 2 is 2.00 bits per heavy atom. The number of carbonyl (C=O) groups excluding carboxylic acids is 1. The fourth-order valence-corrected chi connectivity index (χ4v) is 4.17. The van der Waals surface area contributed by atoms with Gasteiger partial charge < -0.3 is 0 Å². The molecule has 0 N–H and O–H groups in total. The van der Waals surface area contributed by atoms with Crippen LogP contribution in [0.3, 0.4) is 0 Å². The number of pyridine rings is 1. The van der Waals surface area contributed by atoms with Crippen LogP contribution >= 0.6 is 27.3 Å². The molecule has 2 aromatic heterocycles. The van der Waals surface area contributed by atoms with Crippen LogP contribution in [-0.4, -0.2) is 15.9 Å². The quantitative estimate of drug-likeness (QED) is 0.423. The first kappa shape index (κ1) is 17.8. The lowest BCUT2D eigenvalue weighted by atomic mass is 10.2. The van der Waals surface area contributed by atoms with Crippen molar-refractivity contribution in [2.45, 2.75) is 6.54 Å². The number of hydrogen-bond donors (Lipinski definition) is 0. The van der Waals surface area contributed by atoms with Crippen LogP contribution < -0.4 is 4.90 Å². The van der Waals surface area contributed by atoms with Gasteiger partial charge in [0.2, 0.25) is 0 Å². The van der Waals surface area contributed by atoms with Crippen molar-refractivity contribution in [1.82, 2.24) is 9.97 Å². The Labute approximate surface area is 167 Å². The van der Waals surface area contributed by atoms with E-state index in [4.69, 9.17) is 0 Å². The zero-order chi connectivity index (χ0) is 18.8. The second kappa shape index (κ2) is 7.54. The summed E-state index contributed by atoms with van der Waals surface area (Å²) in [7, 11) is 0. The van der Waals surface area contributed by atoms with Crippen molar-refractivity contribution >= 4 is 48.5 Å². The van der Waals surface area contributed by atoms with Crippen LogP contribution in [0.25, 0.3) is 10.2 Å². The molecule has 0 saturated heterocycles. The summed E-state index contributed by atoms with van der Waals surface area (Å²) < 4.78 is 15.5. The fraction of sp³-hybridized carbons (Fsp3) is 0.0500. The van der Waals surface area contributed by atoms with Gasteiger partial charge in [0.1, 0.15) is 5.82 Å². The zero-order valence-corrected chi connectivity index (χ0v) is 16.4. The van der Waals surface area contributed by atoms with E-state index in [0.717, 1.165) is 20.4 Å². The maximum atomic E-state index is 13.6. The number of halogens is 2. The first-order chi connectivity index (χ1) is 13.1. The van der Waals surface area contributed by atoms with Crippen LogP contribution in [0.5, 0.6) is 0 Å². The molecule has 0 aliphatic heterocycles. The van der Waals surface area contributed by atoms with Crippen LogP contribution in [0.2, 0.25) is 0 Å². The Hall–Kier alpha value is -2.64. The van der Waals surface area contributed by atoms with Crippen molar-refractivity contribution in [3.05, 3.63) is 88.4 Å². The van der Waals surface area contributed by atoms with Crippen LogP contribution in [0.1, 0.15) is 16.1 Å². The topological polar surface area (TPSA) is 46.1 Å². The molecule has 0 atom stereocenters. The van der Waals surface area contributed by atoms with Crippen LogP contribution in [-0.2, 0) is 6.54 Å². The average Bonchev–Trinajstić information content (AvgIpc) is 3.09. The summed E-state index contributed by atoms with van der Waals surface area (Å²) >= 11 is 4.86. The molecule has 2 heterocycles. The minimum Gasteiger partial charge on any atom is -0.278 e. The highest BCUT2D eigenvalue weighted by atomic mass is 79.9. The molecule has 0 aliphatic rings. The Balaban J connectivity index is 1.77. The van der Waals surface area contributed by atoms with Crippen molar-refractivity contribution in [2.75, 3.05) is 4.90 Å². The Morgan fingerprint density at radius 3 is 2.78 bits per heavy atom. The molecular formula is C20H13BrFN3OS. The van der Waals surface area contributed by atoms with E-state index in [2.05, 4.69) is 25.9 Å². The van der Waals surface area contributed by atoms with E-state index < -0.39 is 5.82 Å². The van der Waals surface area contributed by atoms with Crippen molar-refractivity contribution < 1.29 is 9.18 Å². The standard InChI is InChI=1S/C20H13BrFN3OS/c21-14-7-8-17-18(11-14)27-20(24-17)25(12-16-6-1-2-9-23-16)19(26)13-4-3-5-15(22)10-13/h1-11H,12H2. The Kier molecular flexibility index (Phi) is 4.96. The molecule has 0 saturated carbocycles. The number of thiazole rings is 1. The lowest BCUT2D eigenvalue weighted by Crippen LogP contribution is -2.30. The molecule has 0 radical (unpaired) electrons. The van der Waals surface area contributed by atoms with Gasteiger partial charge in [-0.1, -0.05) is 39.4 Å². The molecule has 4 nitrogen and oxygen atoms in total. The van der Waals surface area contributed by atoms with E-state index in [-0.39, 0.29) is 18.0 Å². The highest BCUT2D eigenvalue weighted by molar-refractivity contribution is 9.10. The third-order valence-corrected chi connectivity index (χ3v) is 5.47. The number of aromatic nitrogens is 2. The molecule has 1 amide bonds. The van der Waals surface area contributed by atoms with E-state index >= 15 is 0 Å². The molecule has 134 valence electrons. The maximum absolute atomic E-state index is 13.6. The SMILES string of the molecule is O=C(c1cccc(F)c1)N(Cc1ccccn1)c1nc2ccc(Br)cc2s1. The molecule has 7 heteroatoms. The summed E-state index contributed by atoms with van der Waals surface area (Å²) in [6, 6.07) is 17.0. The largest absolute Gasteiger partial charge is 0.278 e. The summed E-state index contributed by atoms with van der Waals surface area (Å²) in [4.78, 5) is 23.6. The first-order valence-electron chi connectivity index (χ1n) is 8.13. The number of nitrogens with zero attached hydrogens (tertiary/aromatic N) is 3. The average molecular weight is 442 g/mol. The summed E-state index contributed by atoms with van der Waals surface area (Å²) in [5.74, 6) is -0.773. The summed E-state index contributed by atoms with van der Waals surface area (Å²) in [5.41, 5.74) is 1.80. The van der Waals surface area contributed by atoms with Gasteiger partial charge >= 0.3 is 0 Å². The summed E-state index contributed by atoms with van der Waals surface area (Å²) in [6.45, 7) is 0.247. The van der Waals surface area contributed by atoms with Crippen molar-refractivity contribution in [3.63, 3.8) is 0 Å². The van der Waals surface area contributed by atoms with E-state index in [0.29, 0.717) is 5.13 Å². The molecule has 0 spiro atoms. The highest BCUT2D eigenvalue weighted by Crippen LogP contribution is 2.32.